The van der Waals surface area contributed by atoms with Crippen molar-refractivity contribution in [2.24, 2.45) is 5.41 Å². The van der Waals surface area contributed by atoms with Crippen molar-refractivity contribution in [2.45, 2.75) is 70.2 Å². The first-order valence-electron chi connectivity index (χ1n) is 6.26. The molecular formula is C13H25BrO. The minimum Gasteiger partial charge on any atom is -0.378 e. The molecule has 1 nitrogen and oxygen atoms in total. The van der Waals surface area contributed by atoms with Gasteiger partial charge >= 0.3 is 0 Å². The van der Waals surface area contributed by atoms with Gasteiger partial charge in [0.1, 0.15) is 0 Å². The second-order valence-electron chi connectivity index (χ2n) is 5.75. The lowest BCUT2D eigenvalue weighted by atomic mass is 9.89. The van der Waals surface area contributed by atoms with E-state index in [0.29, 0.717) is 16.3 Å². The minimum atomic E-state index is 0.393. The number of unbranched alkanes of at least 4 members (excludes halogenated alkanes) is 1. The van der Waals surface area contributed by atoms with Crippen molar-refractivity contribution >= 4 is 15.9 Å². The monoisotopic (exact) mass is 276 g/mol. The number of alkyl halides is 1. The Hall–Kier alpha value is 0.440. The van der Waals surface area contributed by atoms with E-state index in [4.69, 9.17) is 4.74 Å². The van der Waals surface area contributed by atoms with Gasteiger partial charge in [-0.2, -0.15) is 0 Å². The zero-order chi connectivity index (χ0) is 11.3. The first kappa shape index (κ1) is 13.5. The molecule has 0 aromatic carbocycles. The van der Waals surface area contributed by atoms with Gasteiger partial charge in [-0.05, 0) is 31.1 Å². The van der Waals surface area contributed by atoms with Crippen LogP contribution in [0, 0.1) is 5.41 Å². The van der Waals surface area contributed by atoms with Crippen LogP contribution in [0.5, 0.6) is 0 Å². The normalized spacial score (nSPS) is 24.4. The molecule has 15 heavy (non-hydrogen) atoms. The maximum atomic E-state index is 5.62. The van der Waals surface area contributed by atoms with Crippen LogP contribution in [0.25, 0.3) is 0 Å². The van der Waals surface area contributed by atoms with Gasteiger partial charge in [0.05, 0.1) is 6.10 Å². The molecule has 0 aromatic heterocycles. The van der Waals surface area contributed by atoms with E-state index >= 15 is 0 Å². The molecular weight excluding hydrogens is 252 g/mol. The third-order valence-electron chi connectivity index (χ3n) is 3.20. The highest BCUT2D eigenvalue weighted by atomic mass is 79.9. The van der Waals surface area contributed by atoms with Gasteiger partial charge in [0.2, 0.25) is 0 Å². The van der Waals surface area contributed by atoms with Gasteiger partial charge in [-0.15, -0.1) is 0 Å². The zero-order valence-electron chi connectivity index (χ0n) is 10.4. The Morgan fingerprint density at radius 2 is 2.07 bits per heavy atom. The fourth-order valence-corrected chi connectivity index (χ4v) is 2.32. The van der Waals surface area contributed by atoms with Crippen molar-refractivity contribution in [2.75, 3.05) is 6.61 Å². The molecule has 0 amide bonds. The first-order valence-corrected chi connectivity index (χ1v) is 7.17. The van der Waals surface area contributed by atoms with Crippen LogP contribution in [0.4, 0.5) is 0 Å². The van der Waals surface area contributed by atoms with E-state index in [2.05, 4.69) is 36.7 Å². The van der Waals surface area contributed by atoms with Crippen LogP contribution in [0.3, 0.4) is 0 Å². The van der Waals surface area contributed by atoms with Crippen LogP contribution >= 0.6 is 15.9 Å². The van der Waals surface area contributed by atoms with Crippen LogP contribution in [0.1, 0.15) is 59.3 Å². The number of hydrogen-bond donors (Lipinski definition) is 0. The summed E-state index contributed by atoms with van der Waals surface area (Å²) in [6.45, 7) is 7.89. The lowest BCUT2D eigenvalue weighted by molar-refractivity contribution is 0.102. The molecule has 1 rings (SSSR count). The molecule has 2 heteroatoms. The molecule has 2 unspecified atom stereocenters. The Labute approximate surface area is 103 Å². The molecule has 1 aliphatic rings. The molecule has 90 valence electrons. The Kier molecular flexibility index (Phi) is 5.62. The molecule has 1 saturated heterocycles. The lowest BCUT2D eigenvalue weighted by Gasteiger charge is -2.25. The van der Waals surface area contributed by atoms with Crippen LogP contribution in [0.2, 0.25) is 0 Å². The maximum absolute atomic E-state index is 5.62. The van der Waals surface area contributed by atoms with Crippen LogP contribution in [-0.2, 0) is 4.74 Å². The smallest absolute Gasteiger partial charge is 0.0576 e. The summed E-state index contributed by atoms with van der Waals surface area (Å²) in [5.41, 5.74) is 0.393. The molecule has 0 bridgehead atoms. The van der Waals surface area contributed by atoms with E-state index in [9.17, 15) is 0 Å². The van der Waals surface area contributed by atoms with Gasteiger partial charge in [0.25, 0.3) is 0 Å². The fraction of sp³-hybridized carbons (Fsp3) is 1.00. The highest BCUT2D eigenvalue weighted by Gasteiger charge is 2.21. The predicted octanol–water partition coefficient (Wildman–Crippen LogP) is 4.54. The highest BCUT2D eigenvalue weighted by Crippen LogP contribution is 2.30. The van der Waals surface area contributed by atoms with E-state index < -0.39 is 0 Å². The van der Waals surface area contributed by atoms with E-state index in [1.54, 1.807) is 0 Å². The molecule has 1 fully saturated rings. The summed E-state index contributed by atoms with van der Waals surface area (Å²) >= 11 is 3.78. The third-order valence-corrected chi connectivity index (χ3v) is 5.03. The number of halogens is 1. The van der Waals surface area contributed by atoms with Gasteiger partial charge in [0.15, 0.2) is 0 Å². The topological polar surface area (TPSA) is 9.23 Å². The first-order chi connectivity index (χ1) is 7.00. The minimum absolute atomic E-state index is 0.393. The van der Waals surface area contributed by atoms with Gasteiger partial charge < -0.3 is 4.74 Å². The van der Waals surface area contributed by atoms with Crippen LogP contribution in [0.15, 0.2) is 0 Å². The second kappa shape index (κ2) is 6.24. The standard InChI is InChI=1S/C13H25BrO/c1-13(2,3)12(14)9-5-4-7-11-8-6-10-15-11/h11-12H,4-10H2,1-3H3. The summed E-state index contributed by atoms with van der Waals surface area (Å²) in [5, 5.41) is 0. The summed E-state index contributed by atoms with van der Waals surface area (Å²) in [6, 6.07) is 0. The molecule has 0 aromatic rings. The average Bonchev–Trinajstić information content (AvgIpc) is 2.63. The predicted molar refractivity (Wildman–Crippen MR) is 69.6 cm³/mol. The van der Waals surface area contributed by atoms with Gasteiger partial charge in [0, 0.05) is 11.4 Å². The molecule has 1 aliphatic heterocycles. The van der Waals surface area contributed by atoms with Gasteiger partial charge in [-0.1, -0.05) is 49.5 Å². The maximum Gasteiger partial charge on any atom is 0.0576 e. The largest absolute Gasteiger partial charge is 0.378 e. The molecule has 1 heterocycles. The fourth-order valence-electron chi connectivity index (χ4n) is 2.00. The molecule has 0 spiro atoms. The second-order valence-corrected chi connectivity index (χ2v) is 6.86. The van der Waals surface area contributed by atoms with Crippen molar-refractivity contribution in [1.82, 2.24) is 0 Å². The van der Waals surface area contributed by atoms with E-state index in [1.807, 2.05) is 0 Å². The number of ether oxygens (including phenoxy) is 1. The number of rotatable bonds is 5. The summed E-state index contributed by atoms with van der Waals surface area (Å²) in [4.78, 5) is 0.648. The van der Waals surface area contributed by atoms with Crippen molar-refractivity contribution in [3.8, 4) is 0 Å². The molecule has 0 radical (unpaired) electrons. The highest BCUT2D eigenvalue weighted by molar-refractivity contribution is 9.09. The van der Waals surface area contributed by atoms with E-state index in [-0.39, 0.29) is 0 Å². The Morgan fingerprint density at radius 3 is 2.60 bits per heavy atom. The summed E-state index contributed by atoms with van der Waals surface area (Å²) < 4.78 is 5.62. The van der Waals surface area contributed by atoms with Crippen molar-refractivity contribution < 1.29 is 4.74 Å². The SMILES string of the molecule is CC(C)(C)C(Br)CCCCC1CCCO1. The molecule has 0 saturated carbocycles. The quantitative estimate of drug-likeness (QED) is 0.529. The Balaban J connectivity index is 2.01. The van der Waals surface area contributed by atoms with Crippen LogP contribution in [-0.4, -0.2) is 17.5 Å². The van der Waals surface area contributed by atoms with Gasteiger partial charge in [-0.3, -0.25) is 0 Å². The Bertz CT molecular complexity index is 168. The molecule has 2 atom stereocenters. The van der Waals surface area contributed by atoms with Crippen LogP contribution < -0.4 is 0 Å². The summed E-state index contributed by atoms with van der Waals surface area (Å²) in [5.74, 6) is 0. The average molecular weight is 277 g/mol. The van der Waals surface area contributed by atoms with Crippen molar-refractivity contribution in [1.29, 1.82) is 0 Å². The molecule has 0 N–H and O–H groups in total. The van der Waals surface area contributed by atoms with Gasteiger partial charge in [-0.25, -0.2) is 0 Å². The van der Waals surface area contributed by atoms with Crippen molar-refractivity contribution in [3.63, 3.8) is 0 Å². The molecule has 0 aliphatic carbocycles. The third kappa shape index (κ3) is 5.35. The summed E-state index contributed by atoms with van der Waals surface area (Å²) in [6.07, 6.45) is 8.34. The Morgan fingerprint density at radius 1 is 1.33 bits per heavy atom. The van der Waals surface area contributed by atoms with E-state index in [0.717, 1.165) is 6.61 Å². The van der Waals surface area contributed by atoms with E-state index in [1.165, 1.54) is 38.5 Å². The van der Waals surface area contributed by atoms with Crippen molar-refractivity contribution in [3.05, 3.63) is 0 Å². The summed E-state index contributed by atoms with van der Waals surface area (Å²) in [7, 11) is 0. The zero-order valence-corrected chi connectivity index (χ0v) is 12.0. The number of hydrogen-bond acceptors (Lipinski definition) is 1. The lowest BCUT2D eigenvalue weighted by Crippen LogP contribution is -2.20.